The van der Waals surface area contributed by atoms with E-state index in [0.29, 0.717) is 32.6 Å². The fourth-order valence-corrected chi connectivity index (χ4v) is 4.66. The number of halogens is 2. The standard InChI is InChI=1S/C13H16BrClN2O3S/c1-2-13(18)16-5-7-17(8-6-16)21(19,20)12-4-3-10(14)9-11(12)15/h3-4,9H,2,5-8H2,1H3. The predicted molar refractivity (Wildman–Crippen MR) is 84.8 cm³/mol. The SMILES string of the molecule is CCC(=O)N1CCN(S(=O)(=O)c2ccc(Br)cc2Cl)CC1. The van der Waals surface area contributed by atoms with Gasteiger partial charge in [-0.3, -0.25) is 4.79 Å². The first kappa shape index (κ1) is 16.7. The molecule has 8 heteroatoms. The fraction of sp³-hybridized carbons (Fsp3) is 0.462. The summed E-state index contributed by atoms with van der Waals surface area (Å²) in [5.41, 5.74) is 0. The fourth-order valence-electron chi connectivity index (χ4n) is 2.22. The Hall–Kier alpha value is -0.630. The number of sulfonamides is 1. The number of carbonyl (C=O) groups excluding carboxylic acids is 1. The van der Waals surface area contributed by atoms with Crippen molar-refractivity contribution >= 4 is 43.5 Å². The summed E-state index contributed by atoms with van der Waals surface area (Å²) in [7, 11) is -3.62. The quantitative estimate of drug-likeness (QED) is 0.789. The van der Waals surface area contributed by atoms with Crippen LogP contribution in [-0.2, 0) is 14.8 Å². The summed E-state index contributed by atoms with van der Waals surface area (Å²) in [4.78, 5) is 13.4. The van der Waals surface area contributed by atoms with Gasteiger partial charge in [0.2, 0.25) is 15.9 Å². The lowest BCUT2D eigenvalue weighted by atomic mass is 10.3. The van der Waals surface area contributed by atoms with Crippen LogP contribution in [0.3, 0.4) is 0 Å². The van der Waals surface area contributed by atoms with Crippen LogP contribution in [0.25, 0.3) is 0 Å². The van der Waals surface area contributed by atoms with Crippen molar-refractivity contribution in [3.63, 3.8) is 0 Å². The lowest BCUT2D eigenvalue weighted by Gasteiger charge is -2.34. The number of carbonyl (C=O) groups is 1. The normalized spacial score (nSPS) is 17.0. The molecule has 1 amide bonds. The molecule has 0 aromatic heterocycles. The van der Waals surface area contributed by atoms with Gasteiger partial charge in [0.25, 0.3) is 0 Å². The van der Waals surface area contributed by atoms with Crippen LogP contribution in [0.15, 0.2) is 27.6 Å². The van der Waals surface area contributed by atoms with Gasteiger partial charge < -0.3 is 4.90 Å². The molecule has 0 atom stereocenters. The number of amides is 1. The van der Waals surface area contributed by atoms with E-state index in [9.17, 15) is 13.2 Å². The zero-order chi connectivity index (χ0) is 15.6. The molecule has 1 fully saturated rings. The van der Waals surface area contributed by atoms with Gasteiger partial charge in [-0.25, -0.2) is 8.42 Å². The molecule has 21 heavy (non-hydrogen) atoms. The highest BCUT2D eigenvalue weighted by molar-refractivity contribution is 9.10. The van der Waals surface area contributed by atoms with Crippen LogP contribution in [0.5, 0.6) is 0 Å². The topological polar surface area (TPSA) is 57.7 Å². The zero-order valence-electron chi connectivity index (χ0n) is 11.6. The monoisotopic (exact) mass is 394 g/mol. The Bertz CT molecular complexity index is 643. The number of piperazine rings is 1. The molecule has 1 heterocycles. The van der Waals surface area contributed by atoms with E-state index in [-0.39, 0.29) is 15.8 Å². The van der Waals surface area contributed by atoms with Crippen molar-refractivity contribution in [2.24, 2.45) is 0 Å². The minimum Gasteiger partial charge on any atom is -0.340 e. The Labute approximate surface area is 138 Å². The molecule has 0 N–H and O–H groups in total. The minimum absolute atomic E-state index is 0.0497. The largest absolute Gasteiger partial charge is 0.340 e. The van der Waals surface area contributed by atoms with Gasteiger partial charge in [-0.1, -0.05) is 34.5 Å². The molecular weight excluding hydrogens is 380 g/mol. The van der Waals surface area contributed by atoms with Crippen molar-refractivity contribution in [2.75, 3.05) is 26.2 Å². The van der Waals surface area contributed by atoms with Crippen molar-refractivity contribution in [3.8, 4) is 0 Å². The van der Waals surface area contributed by atoms with Crippen LogP contribution < -0.4 is 0 Å². The summed E-state index contributed by atoms with van der Waals surface area (Å²) in [6.07, 6.45) is 0.436. The summed E-state index contributed by atoms with van der Waals surface area (Å²) in [5.74, 6) is 0.0497. The van der Waals surface area contributed by atoms with Crippen LogP contribution in [0.1, 0.15) is 13.3 Å². The lowest BCUT2D eigenvalue weighted by Crippen LogP contribution is -2.50. The van der Waals surface area contributed by atoms with Gasteiger partial charge in [0.15, 0.2) is 0 Å². The first-order chi connectivity index (χ1) is 9.86. The van der Waals surface area contributed by atoms with E-state index in [1.165, 1.54) is 10.4 Å². The summed E-state index contributed by atoms with van der Waals surface area (Å²) in [6, 6.07) is 4.70. The molecule has 5 nitrogen and oxygen atoms in total. The van der Waals surface area contributed by atoms with Gasteiger partial charge in [-0.2, -0.15) is 4.31 Å². The highest BCUT2D eigenvalue weighted by Gasteiger charge is 2.31. The van der Waals surface area contributed by atoms with Gasteiger partial charge in [-0.05, 0) is 18.2 Å². The molecule has 2 rings (SSSR count). The highest BCUT2D eigenvalue weighted by atomic mass is 79.9. The van der Waals surface area contributed by atoms with E-state index >= 15 is 0 Å². The maximum absolute atomic E-state index is 12.6. The average Bonchev–Trinajstić information content (AvgIpc) is 2.46. The molecule has 0 aliphatic carbocycles. The molecule has 0 bridgehead atoms. The molecule has 1 aliphatic heterocycles. The third-order valence-electron chi connectivity index (χ3n) is 3.41. The zero-order valence-corrected chi connectivity index (χ0v) is 14.7. The second-order valence-electron chi connectivity index (χ2n) is 4.71. The predicted octanol–water partition coefficient (Wildman–Crippen LogP) is 2.35. The van der Waals surface area contributed by atoms with E-state index in [2.05, 4.69) is 15.9 Å². The van der Waals surface area contributed by atoms with Gasteiger partial charge in [0.05, 0.1) is 5.02 Å². The molecule has 1 aromatic rings. The van der Waals surface area contributed by atoms with Gasteiger partial charge in [0, 0.05) is 37.1 Å². The van der Waals surface area contributed by atoms with Crippen molar-refractivity contribution < 1.29 is 13.2 Å². The van der Waals surface area contributed by atoms with Crippen molar-refractivity contribution in [1.82, 2.24) is 9.21 Å². The van der Waals surface area contributed by atoms with E-state index < -0.39 is 10.0 Å². The maximum atomic E-state index is 12.6. The molecule has 0 radical (unpaired) electrons. The van der Waals surface area contributed by atoms with Crippen LogP contribution in [0.4, 0.5) is 0 Å². The molecule has 0 saturated carbocycles. The van der Waals surface area contributed by atoms with Gasteiger partial charge >= 0.3 is 0 Å². The Kier molecular flexibility index (Phi) is 5.29. The lowest BCUT2D eigenvalue weighted by molar-refractivity contribution is -0.132. The Morgan fingerprint density at radius 3 is 2.43 bits per heavy atom. The van der Waals surface area contributed by atoms with Crippen LogP contribution in [-0.4, -0.2) is 49.7 Å². The summed E-state index contributed by atoms with van der Waals surface area (Å²) in [5, 5.41) is 0.191. The van der Waals surface area contributed by atoms with Gasteiger partial charge in [-0.15, -0.1) is 0 Å². The summed E-state index contributed by atoms with van der Waals surface area (Å²) in [6.45, 7) is 3.22. The Balaban J connectivity index is 2.17. The van der Waals surface area contributed by atoms with Crippen molar-refractivity contribution in [1.29, 1.82) is 0 Å². The second kappa shape index (κ2) is 6.64. The minimum atomic E-state index is -3.62. The van der Waals surface area contributed by atoms with E-state index in [4.69, 9.17) is 11.6 Å². The van der Waals surface area contributed by atoms with Crippen molar-refractivity contribution in [3.05, 3.63) is 27.7 Å². The number of hydrogen-bond donors (Lipinski definition) is 0. The van der Waals surface area contributed by atoms with Crippen LogP contribution >= 0.6 is 27.5 Å². The van der Waals surface area contributed by atoms with Crippen LogP contribution in [0, 0.1) is 0 Å². The summed E-state index contributed by atoms with van der Waals surface area (Å²) < 4.78 is 27.3. The molecule has 116 valence electrons. The average molecular weight is 396 g/mol. The second-order valence-corrected chi connectivity index (χ2v) is 7.94. The molecule has 0 unspecified atom stereocenters. The Morgan fingerprint density at radius 2 is 1.90 bits per heavy atom. The van der Waals surface area contributed by atoms with Crippen LogP contribution in [0.2, 0.25) is 5.02 Å². The number of nitrogens with zero attached hydrogens (tertiary/aromatic N) is 2. The smallest absolute Gasteiger partial charge is 0.244 e. The first-order valence-electron chi connectivity index (χ1n) is 6.59. The van der Waals surface area contributed by atoms with Gasteiger partial charge in [0.1, 0.15) is 4.90 Å². The van der Waals surface area contributed by atoms with E-state index in [0.717, 1.165) is 4.47 Å². The molecule has 1 aromatic carbocycles. The molecular formula is C13H16BrClN2O3S. The first-order valence-corrected chi connectivity index (χ1v) is 9.20. The molecule has 0 spiro atoms. The third kappa shape index (κ3) is 3.59. The summed E-state index contributed by atoms with van der Waals surface area (Å²) >= 11 is 9.29. The maximum Gasteiger partial charge on any atom is 0.244 e. The van der Waals surface area contributed by atoms with E-state index in [1.54, 1.807) is 24.0 Å². The molecule has 1 aliphatic rings. The highest BCUT2D eigenvalue weighted by Crippen LogP contribution is 2.28. The number of hydrogen-bond acceptors (Lipinski definition) is 3. The van der Waals surface area contributed by atoms with Crippen molar-refractivity contribution in [2.45, 2.75) is 18.2 Å². The third-order valence-corrected chi connectivity index (χ3v) is 6.28. The molecule has 1 saturated heterocycles. The number of rotatable bonds is 3. The van der Waals surface area contributed by atoms with E-state index in [1.807, 2.05) is 0 Å². The number of benzene rings is 1. The Morgan fingerprint density at radius 1 is 1.29 bits per heavy atom.